The molecule has 1 aliphatic rings. The van der Waals surface area contributed by atoms with E-state index in [1.165, 1.54) is 19.3 Å². The fourth-order valence-electron chi connectivity index (χ4n) is 1.99. The molecular weight excluding hydrogens is 138 g/mol. The molecule has 0 radical (unpaired) electrons. The van der Waals surface area contributed by atoms with Gasteiger partial charge in [0.2, 0.25) is 0 Å². The predicted octanol–water partition coefficient (Wildman–Crippen LogP) is 1.15. The first-order chi connectivity index (χ1) is 5.33. The second-order valence-corrected chi connectivity index (χ2v) is 3.69. The van der Waals surface area contributed by atoms with Crippen molar-refractivity contribution in [2.45, 2.75) is 32.6 Å². The Labute approximate surface area is 69.0 Å². The second kappa shape index (κ2) is 4.07. The predicted molar refractivity (Wildman–Crippen MR) is 46.5 cm³/mol. The van der Waals surface area contributed by atoms with Gasteiger partial charge in [-0.25, -0.2) is 0 Å². The van der Waals surface area contributed by atoms with Gasteiger partial charge in [0.05, 0.1) is 0 Å². The van der Waals surface area contributed by atoms with E-state index in [9.17, 15) is 5.11 Å². The molecule has 0 bridgehead atoms. The molecule has 0 aromatic rings. The molecule has 2 heteroatoms. The van der Waals surface area contributed by atoms with Crippen LogP contribution < -0.4 is 5.32 Å². The molecule has 11 heavy (non-hydrogen) atoms. The summed E-state index contributed by atoms with van der Waals surface area (Å²) >= 11 is 0. The van der Waals surface area contributed by atoms with Crippen LogP contribution in [0.1, 0.15) is 32.6 Å². The highest BCUT2D eigenvalue weighted by molar-refractivity contribution is 4.84. The summed E-state index contributed by atoms with van der Waals surface area (Å²) in [6.45, 7) is 4.68. The maximum absolute atomic E-state index is 9.23. The molecule has 1 unspecified atom stereocenters. The lowest BCUT2D eigenvalue weighted by Crippen LogP contribution is -2.42. The van der Waals surface area contributed by atoms with Gasteiger partial charge in [-0.1, -0.05) is 13.3 Å². The van der Waals surface area contributed by atoms with Crippen molar-refractivity contribution in [3.8, 4) is 0 Å². The summed E-state index contributed by atoms with van der Waals surface area (Å²) in [5.74, 6) is 0. The smallest absolute Gasteiger partial charge is 0.0499 e. The zero-order valence-corrected chi connectivity index (χ0v) is 7.40. The molecule has 2 nitrogen and oxygen atoms in total. The van der Waals surface area contributed by atoms with Gasteiger partial charge in [-0.3, -0.25) is 0 Å². The lowest BCUT2D eigenvalue weighted by Gasteiger charge is -2.35. The van der Waals surface area contributed by atoms with E-state index >= 15 is 0 Å². The molecule has 0 spiro atoms. The van der Waals surface area contributed by atoms with Crippen molar-refractivity contribution >= 4 is 0 Å². The normalized spacial score (nSPS) is 32.2. The quantitative estimate of drug-likeness (QED) is 0.644. The maximum Gasteiger partial charge on any atom is 0.0499 e. The first-order valence-corrected chi connectivity index (χ1v) is 4.64. The fraction of sp³-hybridized carbons (Fsp3) is 1.00. The van der Waals surface area contributed by atoms with E-state index in [2.05, 4.69) is 12.2 Å². The number of piperidine rings is 1. The van der Waals surface area contributed by atoms with Gasteiger partial charge in [0.1, 0.15) is 0 Å². The van der Waals surface area contributed by atoms with Crippen LogP contribution in [0.2, 0.25) is 0 Å². The minimum absolute atomic E-state index is 0.215. The summed E-state index contributed by atoms with van der Waals surface area (Å²) in [6.07, 6.45) is 4.77. The minimum Gasteiger partial charge on any atom is -0.396 e. The molecule has 0 aliphatic carbocycles. The summed E-state index contributed by atoms with van der Waals surface area (Å²) in [5, 5.41) is 12.6. The Balaban J connectivity index is 2.42. The van der Waals surface area contributed by atoms with Crippen molar-refractivity contribution in [3.05, 3.63) is 0 Å². The van der Waals surface area contributed by atoms with Crippen LogP contribution in [-0.4, -0.2) is 24.8 Å². The monoisotopic (exact) mass is 157 g/mol. The molecule has 0 aromatic heterocycles. The molecule has 1 rings (SSSR count). The number of nitrogens with one attached hydrogen (secondary N) is 1. The number of aliphatic hydroxyl groups is 1. The van der Waals surface area contributed by atoms with E-state index in [1.807, 2.05) is 0 Å². The van der Waals surface area contributed by atoms with Crippen molar-refractivity contribution in [2.24, 2.45) is 5.41 Å². The van der Waals surface area contributed by atoms with E-state index in [0.29, 0.717) is 6.61 Å². The molecule has 1 fully saturated rings. The van der Waals surface area contributed by atoms with Gasteiger partial charge in [0.25, 0.3) is 0 Å². The molecular formula is C9H19NO. The summed E-state index contributed by atoms with van der Waals surface area (Å²) in [6, 6.07) is 0. The van der Waals surface area contributed by atoms with E-state index in [1.54, 1.807) is 0 Å². The Morgan fingerprint density at radius 1 is 1.55 bits per heavy atom. The van der Waals surface area contributed by atoms with Crippen molar-refractivity contribution < 1.29 is 5.11 Å². The first kappa shape index (κ1) is 9.01. The lowest BCUT2D eigenvalue weighted by atomic mass is 9.78. The van der Waals surface area contributed by atoms with Crippen LogP contribution in [0, 0.1) is 5.41 Å². The molecule has 0 amide bonds. The third kappa shape index (κ3) is 2.17. The van der Waals surface area contributed by atoms with E-state index in [0.717, 1.165) is 19.5 Å². The highest BCUT2D eigenvalue weighted by Crippen LogP contribution is 2.30. The summed E-state index contributed by atoms with van der Waals surface area (Å²) in [4.78, 5) is 0. The van der Waals surface area contributed by atoms with Crippen LogP contribution in [0.25, 0.3) is 0 Å². The second-order valence-electron chi connectivity index (χ2n) is 3.69. The molecule has 1 heterocycles. The van der Waals surface area contributed by atoms with Crippen LogP contribution >= 0.6 is 0 Å². The number of hydrogen-bond acceptors (Lipinski definition) is 2. The van der Waals surface area contributed by atoms with Gasteiger partial charge in [-0.05, 0) is 25.8 Å². The van der Waals surface area contributed by atoms with Gasteiger partial charge in [0.15, 0.2) is 0 Å². The van der Waals surface area contributed by atoms with Gasteiger partial charge >= 0.3 is 0 Å². The van der Waals surface area contributed by atoms with Gasteiger partial charge < -0.3 is 10.4 Å². The average molecular weight is 157 g/mol. The average Bonchev–Trinajstić information content (AvgIpc) is 2.07. The Hall–Kier alpha value is -0.0800. The largest absolute Gasteiger partial charge is 0.396 e. The molecule has 0 saturated carbocycles. The zero-order chi connectivity index (χ0) is 8.16. The third-order valence-electron chi connectivity index (χ3n) is 2.68. The highest BCUT2D eigenvalue weighted by atomic mass is 16.3. The van der Waals surface area contributed by atoms with Crippen LogP contribution in [0.5, 0.6) is 0 Å². The SMILES string of the molecule is CCCC1(CO)CCCNC1. The summed E-state index contributed by atoms with van der Waals surface area (Å²) in [5.41, 5.74) is 0.215. The lowest BCUT2D eigenvalue weighted by molar-refractivity contribution is 0.0851. The minimum atomic E-state index is 0.215. The Bertz CT molecular complexity index is 103. The zero-order valence-electron chi connectivity index (χ0n) is 7.40. The Morgan fingerprint density at radius 3 is 2.82 bits per heavy atom. The summed E-state index contributed by atoms with van der Waals surface area (Å²) < 4.78 is 0. The van der Waals surface area contributed by atoms with E-state index in [-0.39, 0.29) is 5.41 Å². The van der Waals surface area contributed by atoms with Crippen LogP contribution in [0.15, 0.2) is 0 Å². The molecule has 1 saturated heterocycles. The number of hydrogen-bond donors (Lipinski definition) is 2. The molecule has 1 atom stereocenters. The fourth-order valence-corrected chi connectivity index (χ4v) is 1.99. The third-order valence-corrected chi connectivity index (χ3v) is 2.68. The number of rotatable bonds is 3. The van der Waals surface area contributed by atoms with Crippen LogP contribution in [0.3, 0.4) is 0 Å². The van der Waals surface area contributed by atoms with Crippen LogP contribution in [-0.2, 0) is 0 Å². The maximum atomic E-state index is 9.23. The molecule has 1 aliphatic heterocycles. The van der Waals surface area contributed by atoms with Gasteiger partial charge in [-0.2, -0.15) is 0 Å². The first-order valence-electron chi connectivity index (χ1n) is 4.64. The van der Waals surface area contributed by atoms with Gasteiger partial charge in [-0.15, -0.1) is 0 Å². The molecule has 2 N–H and O–H groups in total. The van der Waals surface area contributed by atoms with Crippen molar-refractivity contribution in [1.29, 1.82) is 0 Å². The Morgan fingerprint density at radius 2 is 2.36 bits per heavy atom. The Kier molecular flexibility index (Phi) is 3.34. The van der Waals surface area contributed by atoms with E-state index in [4.69, 9.17) is 0 Å². The van der Waals surface area contributed by atoms with Gasteiger partial charge in [0, 0.05) is 18.6 Å². The number of aliphatic hydroxyl groups excluding tert-OH is 1. The van der Waals surface area contributed by atoms with Crippen molar-refractivity contribution in [2.75, 3.05) is 19.7 Å². The van der Waals surface area contributed by atoms with Crippen molar-refractivity contribution in [1.82, 2.24) is 5.32 Å². The standard InChI is InChI=1S/C9H19NO/c1-2-4-9(8-11)5-3-6-10-7-9/h10-11H,2-8H2,1H3. The summed E-state index contributed by atoms with van der Waals surface area (Å²) in [7, 11) is 0. The van der Waals surface area contributed by atoms with E-state index < -0.39 is 0 Å². The van der Waals surface area contributed by atoms with Crippen molar-refractivity contribution in [3.63, 3.8) is 0 Å². The molecule has 0 aromatic carbocycles. The molecule has 66 valence electrons. The van der Waals surface area contributed by atoms with Crippen LogP contribution in [0.4, 0.5) is 0 Å². The highest BCUT2D eigenvalue weighted by Gasteiger charge is 2.29. The topological polar surface area (TPSA) is 32.3 Å².